The molecule has 0 spiro atoms. The first-order valence-electron chi connectivity index (χ1n) is 13.1. The smallest absolute Gasteiger partial charge is 0.383 e. The van der Waals surface area contributed by atoms with Crippen molar-refractivity contribution in [2.45, 2.75) is 57.8 Å². The number of nitrogens with two attached hydrogens (primary N) is 1. The van der Waals surface area contributed by atoms with Crippen LogP contribution in [-0.2, 0) is 19.1 Å². The molecule has 1 fully saturated rings. The monoisotopic (exact) mass is 701 g/mol. The highest BCUT2D eigenvalue weighted by Gasteiger charge is 2.39. The van der Waals surface area contributed by atoms with E-state index in [0.29, 0.717) is 40.6 Å². The van der Waals surface area contributed by atoms with Crippen molar-refractivity contribution in [3.05, 3.63) is 74.2 Å². The van der Waals surface area contributed by atoms with Crippen molar-refractivity contribution in [3.63, 3.8) is 0 Å². The summed E-state index contributed by atoms with van der Waals surface area (Å²) in [4.78, 5) is 33.6. The quantitative estimate of drug-likeness (QED) is 0.206. The highest BCUT2D eigenvalue weighted by Crippen LogP contribution is 2.35. The fourth-order valence-corrected chi connectivity index (χ4v) is 5.77. The molecule has 5 rings (SSSR count). The highest BCUT2D eigenvalue weighted by molar-refractivity contribution is 14.1. The van der Waals surface area contributed by atoms with Gasteiger partial charge in [0.15, 0.2) is 17.5 Å². The number of anilines is 2. The average Bonchev–Trinajstić information content (AvgIpc) is 2.93. The van der Waals surface area contributed by atoms with E-state index in [0.717, 1.165) is 6.20 Å². The molecule has 1 saturated carbocycles. The van der Waals surface area contributed by atoms with Crippen molar-refractivity contribution in [1.29, 1.82) is 0 Å². The first-order chi connectivity index (χ1) is 19.9. The maximum atomic E-state index is 15.3. The predicted molar refractivity (Wildman–Crippen MR) is 155 cm³/mol. The minimum absolute atomic E-state index is 0.104. The maximum Gasteiger partial charge on any atom is 0.423 e. The molecule has 2 atom stereocenters. The molecule has 42 heavy (non-hydrogen) atoms. The number of benzene rings is 1. The zero-order valence-corrected chi connectivity index (χ0v) is 24.3. The Balaban J connectivity index is 1.40. The van der Waals surface area contributed by atoms with Crippen LogP contribution in [0, 0.1) is 17.6 Å². The first-order valence-corrected chi connectivity index (χ1v) is 14.1. The molecule has 4 aromatic rings. The summed E-state index contributed by atoms with van der Waals surface area (Å²) < 4.78 is 73.2. The lowest BCUT2D eigenvalue weighted by molar-refractivity contribution is -0.138. The van der Waals surface area contributed by atoms with E-state index in [2.05, 4.69) is 20.4 Å². The molecule has 3 N–H and O–H groups in total. The summed E-state index contributed by atoms with van der Waals surface area (Å²) in [5.41, 5.74) is 2.60. The number of nitrogens with one attached hydrogen (secondary N) is 1. The van der Waals surface area contributed by atoms with Crippen molar-refractivity contribution < 1.29 is 22.0 Å². The third kappa shape index (κ3) is 5.70. The van der Waals surface area contributed by atoms with Crippen molar-refractivity contribution >= 4 is 45.1 Å². The van der Waals surface area contributed by atoms with Crippen LogP contribution in [0.2, 0.25) is 0 Å². The molecule has 1 aromatic carbocycles. The number of nitrogens with zero attached hydrogens (tertiary/aromatic N) is 5. The number of aromatic nitrogens is 5. The topological polar surface area (TPSA) is 121 Å². The van der Waals surface area contributed by atoms with Crippen LogP contribution in [0.15, 0.2) is 40.3 Å². The number of nitrogen functional groups attached to an aromatic ring is 1. The van der Waals surface area contributed by atoms with Gasteiger partial charge in [-0.1, -0.05) is 13.3 Å². The second-order valence-corrected chi connectivity index (χ2v) is 11.1. The number of alkyl halides is 3. The molecule has 0 aliphatic heterocycles. The van der Waals surface area contributed by atoms with Gasteiger partial charge in [-0.05, 0) is 49.1 Å². The number of hydrogen-bond donors (Lipinski definition) is 2. The fraction of sp³-hybridized carbons (Fsp3) is 0.370. The van der Waals surface area contributed by atoms with E-state index in [1.54, 1.807) is 0 Å². The molecule has 222 valence electrons. The van der Waals surface area contributed by atoms with Crippen molar-refractivity contribution in [1.82, 2.24) is 22.5 Å². The standard InChI is InChI=1S/C27H25F5IN7O2/c1-2-14-10-35-24(38-23(14)34)17-9-15-6-7-39(25(41)19(15)22(29)21(17)28)12-13-4-3-5-16(8-13)37-18-11-36-40(33)26(42)20(18)27(30,31)32/h6-7,9-11,13,16,37H,2-5,8,12H2,1H3,(H2,34,35,38)/t13-,16+/m1/s1. The zero-order chi connectivity index (χ0) is 30.3. The lowest BCUT2D eigenvalue weighted by Crippen LogP contribution is -2.34. The number of fused-ring (bicyclic) bond motifs is 1. The molecular formula is C27H25F5IN7O2. The fourth-order valence-electron chi connectivity index (χ4n) is 5.41. The third-order valence-corrected chi connectivity index (χ3v) is 8.17. The summed E-state index contributed by atoms with van der Waals surface area (Å²) in [7, 11) is 0. The Kier molecular flexibility index (Phi) is 8.22. The highest BCUT2D eigenvalue weighted by atomic mass is 127. The lowest BCUT2D eigenvalue weighted by atomic mass is 9.85. The predicted octanol–water partition coefficient (Wildman–Crippen LogP) is 5.33. The van der Waals surface area contributed by atoms with Gasteiger partial charge >= 0.3 is 6.18 Å². The molecule has 9 nitrogen and oxygen atoms in total. The summed E-state index contributed by atoms with van der Waals surface area (Å²) in [5, 5.41) is 6.25. The van der Waals surface area contributed by atoms with Crippen LogP contribution in [0.3, 0.4) is 0 Å². The Morgan fingerprint density at radius 3 is 2.60 bits per heavy atom. The minimum Gasteiger partial charge on any atom is -0.383 e. The number of hydrogen-bond acceptors (Lipinski definition) is 7. The van der Waals surface area contributed by atoms with E-state index in [9.17, 15) is 22.8 Å². The molecule has 0 radical (unpaired) electrons. The summed E-state index contributed by atoms with van der Waals surface area (Å²) in [6, 6.07) is 2.37. The average molecular weight is 701 g/mol. The Labute approximate surface area is 249 Å². The molecule has 3 aromatic heterocycles. The molecular weight excluding hydrogens is 676 g/mol. The third-order valence-electron chi connectivity index (χ3n) is 7.49. The summed E-state index contributed by atoms with van der Waals surface area (Å²) in [6.45, 7) is 2.00. The second-order valence-electron chi connectivity index (χ2n) is 10.2. The molecule has 0 amide bonds. The van der Waals surface area contributed by atoms with Gasteiger partial charge in [0.05, 0.1) is 45.7 Å². The lowest BCUT2D eigenvalue weighted by Gasteiger charge is -2.31. The van der Waals surface area contributed by atoms with Crippen molar-refractivity contribution in [2.24, 2.45) is 5.92 Å². The minimum atomic E-state index is -4.88. The molecule has 1 aliphatic carbocycles. The van der Waals surface area contributed by atoms with Gasteiger partial charge in [0.2, 0.25) is 0 Å². The zero-order valence-electron chi connectivity index (χ0n) is 22.2. The van der Waals surface area contributed by atoms with E-state index >= 15 is 8.78 Å². The van der Waals surface area contributed by atoms with E-state index in [1.165, 1.54) is 52.0 Å². The normalized spacial score (nSPS) is 17.5. The molecule has 1 aliphatic rings. The number of rotatable bonds is 6. The second kappa shape index (κ2) is 11.6. The van der Waals surface area contributed by atoms with Crippen molar-refractivity contribution in [3.8, 4) is 11.4 Å². The van der Waals surface area contributed by atoms with E-state index in [-0.39, 0.29) is 35.1 Å². The van der Waals surface area contributed by atoms with Gasteiger partial charge < -0.3 is 15.6 Å². The molecule has 0 saturated heterocycles. The van der Waals surface area contributed by atoms with Crippen LogP contribution in [0.1, 0.15) is 43.7 Å². The first kappa shape index (κ1) is 29.8. The molecule has 15 heteroatoms. The molecule has 3 heterocycles. The van der Waals surface area contributed by atoms with Gasteiger partial charge in [0, 0.05) is 30.5 Å². The Morgan fingerprint density at radius 2 is 1.90 bits per heavy atom. The molecule has 0 unspecified atom stereocenters. The Hall–Kier alpha value is -3.63. The van der Waals surface area contributed by atoms with Gasteiger partial charge in [-0.25, -0.2) is 18.7 Å². The van der Waals surface area contributed by atoms with E-state index in [1.807, 2.05) is 6.92 Å². The van der Waals surface area contributed by atoms with Gasteiger partial charge in [0.1, 0.15) is 11.4 Å². The van der Waals surface area contributed by atoms with Gasteiger partial charge in [0.25, 0.3) is 11.1 Å². The van der Waals surface area contributed by atoms with Gasteiger partial charge in [-0.3, -0.25) is 9.59 Å². The van der Waals surface area contributed by atoms with Crippen LogP contribution < -0.4 is 22.2 Å². The Morgan fingerprint density at radius 1 is 1.14 bits per heavy atom. The van der Waals surface area contributed by atoms with Crippen LogP contribution in [-0.4, -0.2) is 28.6 Å². The van der Waals surface area contributed by atoms with Gasteiger partial charge in [-0.15, -0.1) is 0 Å². The largest absolute Gasteiger partial charge is 0.423 e. The van der Waals surface area contributed by atoms with Crippen LogP contribution in [0.5, 0.6) is 0 Å². The Bertz CT molecular complexity index is 1790. The van der Waals surface area contributed by atoms with E-state index in [4.69, 9.17) is 5.73 Å². The van der Waals surface area contributed by atoms with E-state index < -0.39 is 51.6 Å². The summed E-state index contributed by atoms with van der Waals surface area (Å²) in [6.07, 6.45) is 1.83. The van der Waals surface area contributed by atoms with Crippen LogP contribution in [0.25, 0.3) is 22.2 Å². The maximum absolute atomic E-state index is 15.3. The summed E-state index contributed by atoms with van der Waals surface area (Å²) >= 11 is 1.39. The molecule has 0 bridgehead atoms. The summed E-state index contributed by atoms with van der Waals surface area (Å²) in [5.74, 6) is -2.71. The van der Waals surface area contributed by atoms with Crippen LogP contribution in [0.4, 0.5) is 33.5 Å². The number of pyridine rings is 1. The SMILES string of the molecule is CCc1cnc(-c2cc3ccn(C[C@@H]4CCC[C@H](Nc5cnn(I)c(=O)c5C(F)(F)F)C4)c(=O)c3c(F)c2F)nc1N. The van der Waals surface area contributed by atoms with Crippen molar-refractivity contribution in [2.75, 3.05) is 11.1 Å². The number of aryl methyl sites for hydroxylation is 1. The number of halogens is 6. The van der Waals surface area contributed by atoms with Gasteiger partial charge in [-0.2, -0.15) is 21.2 Å². The van der Waals surface area contributed by atoms with Crippen LogP contribution >= 0.6 is 22.9 Å².